The smallest absolute Gasteiger partial charge is 0.347 e. The lowest BCUT2D eigenvalue weighted by atomic mass is 10.2. The van der Waals surface area contributed by atoms with Crippen molar-refractivity contribution in [3.05, 3.63) is 54.1 Å². The first-order valence-electron chi connectivity index (χ1n) is 10.4. The molecule has 0 N–H and O–H groups in total. The topological polar surface area (TPSA) is 113 Å². The summed E-state index contributed by atoms with van der Waals surface area (Å²) in [5, 5.41) is 8.46. The summed E-state index contributed by atoms with van der Waals surface area (Å²) in [5.41, 5.74) is 1.10. The molecule has 0 fully saturated rings. The maximum Gasteiger partial charge on any atom is 0.347 e. The Kier molecular flexibility index (Phi) is 10.5. The summed E-state index contributed by atoms with van der Waals surface area (Å²) in [4.78, 5) is 23.9. The summed E-state index contributed by atoms with van der Waals surface area (Å²) in [7, 11) is 0. The SMILES string of the molecule is Cc1ccc(OC(C)C(=O)OCCOCCOC(=O)C(C)Oc2ccc(OC#N)cc2)cc1. The van der Waals surface area contributed by atoms with E-state index in [1.807, 2.05) is 19.1 Å². The molecule has 0 heterocycles. The van der Waals surface area contributed by atoms with Gasteiger partial charge in [0.25, 0.3) is 6.26 Å². The van der Waals surface area contributed by atoms with Gasteiger partial charge in [-0.3, -0.25) is 0 Å². The van der Waals surface area contributed by atoms with Crippen LogP contribution >= 0.6 is 0 Å². The molecule has 0 radical (unpaired) electrons. The molecule has 2 aromatic rings. The van der Waals surface area contributed by atoms with Gasteiger partial charge in [0.15, 0.2) is 12.2 Å². The number of nitriles is 1. The Morgan fingerprint density at radius 2 is 1.18 bits per heavy atom. The zero-order valence-corrected chi connectivity index (χ0v) is 18.8. The highest BCUT2D eigenvalue weighted by atomic mass is 16.6. The molecule has 176 valence electrons. The van der Waals surface area contributed by atoms with Crippen LogP contribution in [0.15, 0.2) is 48.5 Å². The van der Waals surface area contributed by atoms with Gasteiger partial charge in [-0.05, 0) is 57.2 Å². The van der Waals surface area contributed by atoms with E-state index in [1.165, 1.54) is 0 Å². The van der Waals surface area contributed by atoms with Crippen molar-refractivity contribution >= 4 is 11.9 Å². The Morgan fingerprint density at radius 1 is 0.758 bits per heavy atom. The van der Waals surface area contributed by atoms with Crippen molar-refractivity contribution < 1.29 is 38.0 Å². The van der Waals surface area contributed by atoms with Gasteiger partial charge >= 0.3 is 11.9 Å². The molecular formula is C24H27NO8. The lowest BCUT2D eigenvalue weighted by Crippen LogP contribution is -2.28. The second-order valence-corrected chi connectivity index (χ2v) is 6.95. The summed E-state index contributed by atoms with van der Waals surface area (Å²) >= 11 is 0. The largest absolute Gasteiger partial charge is 0.479 e. The van der Waals surface area contributed by atoms with Gasteiger partial charge in [0.05, 0.1) is 13.2 Å². The Bertz CT molecular complexity index is 921. The third-order valence-electron chi connectivity index (χ3n) is 4.24. The highest BCUT2D eigenvalue weighted by Gasteiger charge is 2.17. The molecule has 0 aliphatic heterocycles. The van der Waals surface area contributed by atoms with Crippen LogP contribution in [-0.4, -0.2) is 50.6 Å². The molecule has 0 amide bonds. The fourth-order valence-electron chi connectivity index (χ4n) is 2.50. The van der Waals surface area contributed by atoms with E-state index in [9.17, 15) is 9.59 Å². The molecule has 9 nitrogen and oxygen atoms in total. The van der Waals surface area contributed by atoms with E-state index in [2.05, 4.69) is 4.74 Å². The van der Waals surface area contributed by atoms with Crippen LogP contribution in [0.5, 0.6) is 17.2 Å². The van der Waals surface area contributed by atoms with Crippen LogP contribution in [0, 0.1) is 18.4 Å². The predicted molar refractivity (Wildman–Crippen MR) is 117 cm³/mol. The standard InChI is InChI=1S/C24H27NO8/c1-17-4-6-21(7-5-17)32-18(2)23(26)29-14-12-28-13-15-30-24(27)19(3)33-22-10-8-20(9-11-22)31-16-25/h4-11,18-19H,12-15H2,1-3H3. The van der Waals surface area contributed by atoms with Crippen molar-refractivity contribution in [2.75, 3.05) is 26.4 Å². The fourth-order valence-corrected chi connectivity index (χ4v) is 2.50. The summed E-state index contributed by atoms with van der Waals surface area (Å²) in [6, 6.07) is 13.6. The van der Waals surface area contributed by atoms with Crippen LogP contribution in [0.1, 0.15) is 19.4 Å². The van der Waals surface area contributed by atoms with Gasteiger partial charge < -0.3 is 28.4 Å². The first-order valence-corrected chi connectivity index (χ1v) is 10.4. The zero-order chi connectivity index (χ0) is 24.1. The number of carbonyl (C=O) groups excluding carboxylic acids is 2. The average molecular weight is 457 g/mol. The van der Waals surface area contributed by atoms with Crippen molar-refractivity contribution in [1.29, 1.82) is 5.26 Å². The Morgan fingerprint density at radius 3 is 1.64 bits per heavy atom. The Labute approximate surface area is 192 Å². The molecule has 0 saturated carbocycles. The monoisotopic (exact) mass is 457 g/mol. The predicted octanol–water partition coefficient (Wildman–Crippen LogP) is 3.19. The van der Waals surface area contributed by atoms with E-state index in [1.54, 1.807) is 56.5 Å². The normalized spacial score (nSPS) is 12.1. The third-order valence-corrected chi connectivity index (χ3v) is 4.24. The third kappa shape index (κ3) is 9.49. The average Bonchev–Trinajstić information content (AvgIpc) is 2.81. The zero-order valence-electron chi connectivity index (χ0n) is 18.8. The van der Waals surface area contributed by atoms with Gasteiger partial charge in [0.2, 0.25) is 0 Å². The van der Waals surface area contributed by atoms with E-state index >= 15 is 0 Å². The lowest BCUT2D eigenvalue weighted by molar-refractivity contribution is -0.154. The van der Waals surface area contributed by atoms with Crippen molar-refractivity contribution in [2.45, 2.75) is 33.0 Å². The minimum atomic E-state index is -0.830. The minimum Gasteiger partial charge on any atom is -0.479 e. The molecule has 2 aromatic carbocycles. The molecule has 0 spiro atoms. The van der Waals surface area contributed by atoms with E-state index < -0.39 is 24.1 Å². The first kappa shape index (κ1) is 25.5. The summed E-state index contributed by atoms with van der Waals surface area (Å²) in [5.74, 6) is 0.346. The van der Waals surface area contributed by atoms with E-state index in [-0.39, 0.29) is 26.4 Å². The van der Waals surface area contributed by atoms with Crippen LogP contribution in [0.3, 0.4) is 0 Å². The van der Waals surface area contributed by atoms with E-state index in [4.69, 9.17) is 28.9 Å². The molecule has 0 aliphatic carbocycles. The second kappa shape index (κ2) is 13.6. The number of aryl methyl sites for hydroxylation is 1. The van der Waals surface area contributed by atoms with Crippen LogP contribution in [0.25, 0.3) is 0 Å². The van der Waals surface area contributed by atoms with Gasteiger partial charge in [-0.1, -0.05) is 17.7 Å². The number of hydrogen-bond acceptors (Lipinski definition) is 9. The van der Waals surface area contributed by atoms with Crippen LogP contribution in [-0.2, 0) is 23.8 Å². The maximum atomic E-state index is 12.0. The van der Waals surface area contributed by atoms with Gasteiger partial charge in [-0.2, -0.15) is 0 Å². The molecule has 2 atom stereocenters. The number of esters is 2. The fraction of sp³-hybridized carbons (Fsp3) is 0.375. The second-order valence-electron chi connectivity index (χ2n) is 6.95. The number of rotatable bonds is 13. The highest BCUT2D eigenvalue weighted by Crippen LogP contribution is 2.18. The van der Waals surface area contributed by atoms with Gasteiger partial charge in [-0.15, -0.1) is 5.26 Å². The van der Waals surface area contributed by atoms with Gasteiger partial charge in [0.1, 0.15) is 30.5 Å². The summed E-state index contributed by atoms with van der Waals surface area (Å²) < 4.78 is 31.2. The highest BCUT2D eigenvalue weighted by molar-refractivity contribution is 5.75. The van der Waals surface area contributed by atoms with E-state index in [0.29, 0.717) is 17.2 Å². The Balaban J connectivity index is 1.54. The quantitative estimate of drug-likeness (QED) is 0.254. The number of benzene rings is 2. The van der Waals surface area contributed by atoms with Crippen molar-refractivity contribution in [3.63, 3.8) is 0 Å². The van der Waals surface area contributed by atoms with Crippen molar-refractivity contribution in [3.8, 4) is 23.5 Å². The van der Waals surface area contributed by atoms with Crippen LogP contribution in [0.2, 0.25) is 0 Å². The molecule has 2 rings (SSSR count). The van der Waals surface area contributed by atoms with Crippen molar-refractivity contribution in [1.82, 2.24) is 0 Å². The van der Waals surface area contributed by atoms with Crippen LogP contribution < -0.4 is 14.2 Å². The number of hydrogen-bond donors (Lipinski definition) is 0. The molecule has 9 heteroatoms. The lowest BCUT2D eigenvalue weighted by Gasteiger charge is -2.15. The molecule has 0 aliphatic rings. The summed E-state index contributed by atoms with van der Waals surface area (Å²) in [6.45, 7) is 5.52. The molecular weight excluding hydrogens is 430 g/mol. The van der Waals surface area contributed by atoms with Crippen LogP contribution in [0.4, 0.5) is 0 Å². The van der Waals surface area contributed by atoms with Gasteiger partial charge in [-0.25, -0.2) is 9.59 Å². The van der Waals surface area contributed by atoms with Crippen molar-refractivity contribution in [2.24, 2.45) is 0 Å². The molecule has 0 aromatic heterocycles. The number of ether oxygens (including phenoxy) is 6. The summed E-state index contributed by atoms with van der Waals surface area (Å²) in [6.07, 6.45) is -0.00754. The molecule has 33 heavy (non-hydrogen) atoms. The Hall–Kier alpha value is -3.77. The first-order chi connectivity index (χ1) is 15.9. The number of carbonyl (C=O) groups is 2. The maximum absolute atomic E-state index is 12.0. The van der Waals surface area contributed by atoms with Gasteiger partial charge in [0, 0.05) is 0 Å². The van der Waals surface area contributed by atoms with E-state index in [0.717, 1.165) is 5.56 Å². The molecule has 0 saturated heterocycles. The minimum absolute atomic E-state index is 0.0301. The molecule has 0 bridgehead atoms. The number of nitrogens with zero attached hydrogens (tertiary/aromatic N) is 1. The molecule has 2 unspecified atom stereocenters.